The Labute approximate surface area is 58.4 Å². The molecule has 0 radical (unpaired) electrons. The van der Waals surface area contributed by atoms with Crippen LogP contribution in [0.4, 0.5) is 0 Å². The van der Waals surface area contributed by atoms with Gasteiger partial charge < -0.3 is 4.79 Å². The third-order valence-corrected chi connectivity index (χ3v) is 1.68. The second kappa shape index (κ2) is 2.73. The van der Waals surface area contributed by atoms with Crippen molar-refractivity contribution in [2.24, 2.45) is 5.92 Å². The lowest BCUT2D eigenvalue weighted by Crippen LogP contribution is -2.29. The highest BCUT2D eigenvalue weighted by molar-refractivity contribution is 6.14. The van der Waals surface area contributed by atoms with Gasteiger partial charge in [-0.05, 0) is 6.42 Å². The zero-order valence-electron chi connectivity index (χ0n) is 5.50. The van der Waals surface area contributed by atoms with Crippen molar-refractivity contribution in [3.8, 4) is 0 Å². The summed E-state index contributed by atoms with van der Waals surface area (Å²) in [5, 5.41) is 0. The van der Waals surface area contributed by atoms with Crippen molar-refractivity contribution in [1.82, 2.24) is 0 Å². The summed E-state index contributed by atoms with van der Waals surface area (Å²) >= 11 is 0. The normalized spacial score (nSPS) is 21.2. The van der Waals surface area contributed by atoms with Crippen LogP contribution in [0.5, 0.6) is 0 Å². The molecule has 10 heavy (non-hydrogen) atoms. The van der Waals surface area contributed by atoms with Gasteiger partial charge in [0.25, 0.3) is 0 Å². The SMILES string of the molecule is O=CC1C(=O)CCCC1=O. The van der Waals surface area contributed by atoms with Gasteiger partial charge in [-0.1, -0.05) is 0 Å². The van der Waals surface area contributed by atoms with Crippen LogP contribution in [0.25, 0.3) is 0 Å². The molecule has 0 N–H and O–H groups in total. The molecule has 0 spiro atoms. The third kappa shape index (κ3) is 1.12. The van der Waals surface area contributed by atoms with Gasteiger partial charge in [-0.15, -0.1) is 0 Å². The summed E-state index contributed by atoms with van der Waals surface area (Å²) in [6.45, 7) is 0. The van der Waals surface area contributed by atoms with E-state index in [4.69, 9.17) is 0 Å². The lowest BCUT2D eigenvalue weighted by Gasteiger charge is -2.12. The molecular formula is C7H8O3. The first-order chi connectivity index (χ1) is 4.75. The van der Waals surface area contributed by atoms with E-state index in [1.54, 1.807) is 0 Å². The molecule has 1 aliphatic rings. The molecule has 0 bridgehead atoms. The monoisotopic (exact) mass is 140 g/mol. The summed E-state index contributed by atoms with van der Waals surface area (Å²) in [4.78, 5) is 31.7. The Balaban J connectivity index is 2.71. The van der Waals surface area contributed by atoms with Gasteiger partial charge in [-0.2, -0.15) is 0 Å². The molecule has 0 aliphatic heterocycles. The Hall–Kier alpha value is -0.990. The van der Waals surface area contributed by atoms with Crippen LogP contribution in [0.2, 0.25) is 0 Å². The first-order valence-electron chi connectivity index (χ1n) is 3.26. The number of ketones is 2. The average Bonchev–Trinajstić information content (AvgIpc) is 1.88. The fraction of sp³-hybridized carbons (Fsp3) is 0.571. The predicted molar refractivity (Wildman–Crippen MR) is 33.4 cm³/mol. The van der Waals surface area contributed by atoms with Gasteiger partial charge in [-0.25, -0.2) is 0 Å². The molecule has 0 aromatic carbocycles. The highest BCUT2D eigenvalue weighted by atomic mass is 16.2. The molecule has 0 saturated heterocycles. The zero-order chi connectivity index (χ0) is 7.56. The molecule has 0 aromatic heterocycles. The average molecular weight is 140 g/mol. The van der Waals surface area contributed by atoms with E-state index in [9.17, 15) is 14.4 Å². The van der Waals surface area contributed by atoms with E-state index in [2.05, 4.69) is 0 Å². The lowest BCUT2D eigenvalue weighted by atomic mass is 9.88. The number of Topliss-reactive ketones (excluding diaryl/α,β-unsaturated/α-hetero) is 2. The van der Waals surface area contributed by atoms with E-state index >= 15 is 0 Å². The van der Waals surface area contributed by atoms with E-state index in [0.717, 1.165) is 0 Å². The Kier molecular flexibility index (Phi) is 1.94. The molecule has 1 fully saturated rings. The number of hydrogen-bond donors (Lipinski definition) is 0. The zero-order valence-corrected chi connectivity index (χ0v) is 5.50. The maximum Gasteiger partial charge on any atom is 0.150 e. The van der Waals surface area contributed by atoms with Crippen LogP contribution in [-0.4, -0.2) is 17.9 Å². The summed E-state index contributed by atoms with van der Waals surface area (Å²) in [7, 11) is 0. The maximum atomic E-state index is 10.8. The third-order valence-electron chi connectivity index (χ3n) is 1.68. The first-order valence-corrected chi connectivity index (χ1v) is 3.26. The molecule has 54 valence electrons. The molecule has 1 rings (SSSR count). The number of aldehydes is 1. The Bertz CT molecular complexity index is 167. The van der Waals surface area contributed by atoms with Gasteiger partial charge in [0.15, 0.2) is 11.6 Å². The number of carbonyl (C=O) groups excluding carboxylic acids is 3. The van der Waals surface area contributed by atoms with Crippen LogP contribution < -0.4 is 0 Å². The molecule has 0 heterocycles. The fourth-order valence-electron chi connectivity index (χ4n) is 1.08. The number of rotatable bonds is 1. The van der Waals surface area contributed by atoms with E-state index < -0.39 is 5.92 Å². The van der Waals surface area contributed by atoms with Gasteiger partial charge >= 0.3 is 0 Å². The molecule has 1 saturated carbocycles. The van der Waals surface area contributed by atoms with Crippen LogP contribution in [0.3, 0.4) is 0 Å². The second-order valence-electron chi connectivity index (χ2n) is 2.40. The van der Waals surface area contributed by atoms with E-state index in [1.807, 2.05) is 0 Å². The van der Waals surface area contributed by atoms with Crippen molar-refractivity contribution < 1.29 is 14.4 Å². The summed E-state index contributed by atoms with van der Waals surface area (Å²) in [6, 6.07) is 0. The van der Waals surface area contributed by atoms with E-state index in [1.165, 1.54) is 0 Å². The van der Waals surface area contributed by atoms with Crippen molar-refractivity contribution in [2.75, 3.05) is 0 Å². The lowest BCUT2D eigenvalue weighted by molar-refractivity contribution is -0.138. The second-order valence-corrected chi connectivity index (χ2v) is 2.40. The number of hydrogen-bond acceptors (Lipinski definition) is 3. The molecule has 0 unspecified atom stereocenters. The minimum Gasteiger partial charge on any atom is -0.302 e. The van der Waals surface area contributed by atoms with Crippen LogP contribution in [-0.2, 0) is 14.4 Å². The molecule has 0 aromatic rings. The van der Waals surface area contributed by atoms with Gasteiger partial charge in [0, 0.05) is 12.8 Å². The van der Waals surface area contributed by atoms with Gasteiger partial charge in [-0.3, -0.25) is 9.59 Å². The summed E-state index contributed by atoms with van der Waals surface area (Å²) in [5.74, 6) is -1.37. The van der Waals surface area contributed by atoms with Gasteiger partial charge in [0.2, 0.25) is 0 Å². The van der Waals surface area contributed by atoms with Crippen LogP contribution in [0.15, 0.2) is 0 Å². The molecule has 0 atom stereocenters. The largest absolute Gasteiger partial charge is 0.302 e. The highest BCUT2D eigenvalue weighted by Crippen LogP contribution is 2.14. The smallest absolute Gasteiger partial charge is 0.150 e. The van der Waals surface area contributed by atoms with Crippen molar-refractivity contribution >= 4 is 17.9 Å². The van der Waals surface area contributed by atoms with Gasteiger partial charge in [0.1, 0.15) is 12.2 Å². The van der Waals surface area contributed by atoms with Crippen LogP contribution in [0, 0.1) is 5.92 Å². The van der Waals surface area contributed by atoms with Crippen molar-refractivity contribution in [1.29, 1.82) is 0 Å². The minimum atomic E-state index is -0.936. The molecule has 1 aliphatic carbocycles. The van der Waals surface area contributed by atoms with E-state index in [-0.39, 0.29) is 11.6 Å². The maximum absolute atomic E-state index is 10.8. The van der Waals surface area contributed by atoms with Crippen molar-refractivity contribution in [3.63, 3.8) is 0 Å². The Morgan fingerprint density at radius 2 is 1.70 bits per heavy atom. The molecule has 0 amide bonds. The predicted octanol–water partition coefficient (Wildman–Crippen LogP) is 0.124. The van der Waals surface area contributed by atoms with Crippen LogP contribution >= 0.6 is 0 Å². The highest BCUT2D eigenvalue weighted by Gasteiger charge is 2.28. The summed E-state index contributed by atoms with van der Waals surface area (Å²) in [6.07, 6.45) is 1.83. The Morgan fingerprint density at radius 3 is 2.00 bits per heavy atom. The van der Waals surface area contributed by atoms with Crippen LogP contribution in [0.1, 0.15) is 19.3 Å². The topological polar surface area (TPSA) is 51.2 Å². The molecular weight excluding hydrogens is 132 g/mol. The van der Waals surface area contributed by atoms with Crippen molar-refractivity contribution in [2.45, 2.75) is 19.3 Å². The van der Waals surface area contributed by atoms with E-state index in [0.29, 0.717) is 25.5 Å². The summed E-state index contributed by atoms with van der Waals surface area (Å²) < 4.78 is 0. The number of carbonyl (C=O) groups is 3. The Morgan fingerprint density at radius 1 is 1.20 bits per heavy atom. The first kappa shape index (κ1) is 7.12. The molecule has 3 heteroatoms. The quantitative estimate of drug-likeness (QED) is 0.384. The molecule has 3 nitrogen and oxygen atoms in total. The van der Waals surface area contributed by atoms with Gasteiger partial charge in [0.05, 0.1) is 0 Å². The summed E-state index contributed by atoms with van der Waals surface area (Å²) in [5.41, 5.74) is 0. The van der Waals surface area contributed by atoms with Crippen molar-refractivity contribution in [3.05, 3.63) is 0 Å². The minimum absolute atomic E-state index is 0.216. The standard InChI is InChI=1S/C7H8O3/c8-4-5-6(9)2-1-3-7(5)10/h4-5H,1-3H2. The fourth-order valence-corrected chi connectivity index (χ4v) is 1.08.